The van der Waals surface area contributed by atoms with E-state index in [-0.39, 0.29) is 12.2 Å². The van der Waals surface area contributed by atoms with Crippen molar-refractivity contribution in [3.05, 3.63) is 0 Å². The van der Waals surface area contributed by atoms with Gasteiger partial charge in [-0.1, -0.05) is 0 Å². The molecule has 7 heteroatoms. The summed E-state index contributed by atoms with van der Waals surface area (Å²) in [5, 5.41) is 0. The van der Waals surface area contributed by atoms with E-state index in [1.807, 2.05) is 41.5 Å². The molecule has 110 valence electrons. The summed E-state index contributed by atoms with van der Waals surface area (Å²) in [6.45, 7) is 12.8. The van der Waals surface area contributed by atoms with Gasteiger partial charge in [-0.05, 0) is 64.7 Å². The molecule has 0 aliphatic rings. The molecule has 0 radical (unpaired) electrons. The molecule has 0 fully saturated rings. The van der Waals surface area contributed by atoms with E-state index in [1.165, 1.54) is 11.4 Å². The highest BCUT2D eigenvalue weighted by Crippen LogP contribution is 2.64. The predicted molar refractivity (Wildman–Crippen MR) is 81.4 cm³/mol. The molecule has 0 aromatic carbocycles. The van der Waals surface area contributed by atoms with Gasteiger partial charge in [-0.2, -0.15) is 0 Å². The van der Waals surface area contributed by atoms with Crippen LogP contribution in [0.25, 0.3) is 0 Å². The van der Waals surface area contributed by atoms with E-state index in [2.05, 4.69) is 0 Å². The Labute approximate surface area is 120 Å². The topological polar surface area (TPSA) is 36.9 Å². The van der Waals surface area contributed by atoms with Gasteiger partial charge in [-0.3, -0.25) is 0 Å². The molecule has 0 atom stereocenters. The molecular formula is C11H25O4PS2. The molecule has 0 spiro atoms. The van der Waals surface area contributed by atoms with Crippen molar-refractivity contribution in [3.8, 4) is 0 Å². The molecule has 0 aromatic rings. The van der Waals surface area contributed by atoms with Crippen molar-refractivity contribution in [2.45, 2.75) is 59.4 Å². The highest BCUT2D eigenvalue weighted by Gasteiger charge is 2.29. The maximum absolute atomic E-state index is 5.78. The van der Waals surface area contributed by atoms with Gasteiger partial charge in [0.2, 0.25) is 5.62 Å². The van der Waals surface area contributed by atoms with E-state index < -0.39 is 11.3 Å². The van der Waals surface area contributed by atoms with Crippen molar-refractivity contribution in [3.63, 3.8) is 0 Å². The van der Waals surface area contributed by atoms with Crippen molar-refractivity contribution in [1.82, 2.24) is 0 Å². The average Bonchev–Trinajstić information content (AvgIpc) is 2.14. The van der Waals surface area contributed by atoms with E-state index in [0.29, 0.717) is 13.2 Å². The van der Waals surface area contributed by atoms with Crippen molar-refractivity contribution < 1.29 is 18.5 Å². The molecule has 0 unspecified atom stereocenters. The smallest absolute Gasteiger partial charge is 0.252 e. The van der Waals surface area contributed by atoms with Gasteiger partial charge in [0.05, 0.1) is 12.2 Å². The molecular weight excluding hydrogens is 291 g/mol. The second-order valence-electron chi connectivity index (χ2n) is 4.06. The molecule has 4 nitrogen and oxygen atoms in total. The number of rotatable bonds is 10. The minimum Gasteiger partial charge on any atom is -0.344 e. The van der Waals surface area contributed by atoms with Crippen molar-refractivity contribution in [1.29, 1.82) is 0 Å². The van der Waals surface area contributed by atoms with Crippen molar-refractivity contribution in [2.75, 3.05) is 13.2 Å². The first-order valence-electron chi connectivity index (χ1n) is 6.21. The second-order valence-corrected chi connectivity index (χ2v) is 10.2. The van der Waals surface area contributed by atoms with Gasteiger partial charge in [-0.25, -0.2) is 0 Å². The average molecular weight is 316 g/mol. The van der Waals surface area contributed by atoms with Crippen molar-refractivity contribution >= 4 is 28.9 Å². The standard InChI is InChI=1S/C11H25O4PS2/c1-7-12-11(13-8-2)18-16(17,14-9(3)4)15-10(5)6/h9-11H,7-8H2,1-6H3. The second kappa shape index (κ2) is 9.70. The summed E-state index contributed by atoms with van der Waals surface area (Å²) < 4.78 is 22.5. The molecule has 0 aliphatic carbocycles. The molecule has 0 heterocycles. The summed E-state index contributed by atoms with van der Waals surface area (Å²) in [4.78, 5) is 0. The normalized spacial score (nSPS) is 12.9. The Kier molecular flexibility index (Phi) is 10.2. The lowest BCUT2D eigenvalue weighted by Crippen LogP contribution is -2.15. The number of hydrogen-bond acceptors (Lipinski definition) is 6. The van der Waals surface area contributed by atoms with Crippen LogP contribution < -0.4 is 0 Å². The zero-order valence-electron chi connectivity index (χ0n) is 12.0. The van der Waals surface area contributed by atoms with Gasteiger partial charge >= 0.3 is 0 Å². The molecule has 0 amide bonds. The fourth-order valence-corrected chi connectivity index (χ4v) is 6.86. The van der Waals surface area contributed by atoms with Crippen LogP contribution in [0.1, 0.15) is 41.5 Å². The Morgan fingerprint density at radius 2 is 1.33 bits per heavy atom. The Bertz CT molecular complexity index is 241. The summed E-state index contributed by atoms with van der Waals surface area (Å²) in [7, 11) is 0. The van der Waals surface area contributed by atoms with Crippen LogP contribution in [0, 0.1) is 0 Å². The quantitative estimate of drug-likeness (QED) is 0.445. The third-order valence-electron chi connectivity index (χ3n) is 1.50. The Hall–Kier alpha value is 0.840. The maximum atomic E-state index is 5.78. The lowest BCUT2D eigenvalue weighted by Gasteiger charge is -2.28. The van der Waals surface area contributed by atoms with Crippen LogP contribution in [0.2, 0.25) is 0 Å². The van der Waals surface area contributed by atoms with Crippen LogP contribution in [0.3, 0.4) is 0 Å². The van der Waals surface area contributed by atoms with Crippen LogP contribution >= 0.6 is 17.1 Å². The third-order valence-corrected chi connectivity index (χ3v) is 6.66. The Morgan fingerprint density at radius 1 is 0.944 bits per heavy atom. The first-order chi connectivity index (χ1) is 8.33. The van der Waals surface area contributed by atoms with Crippen LogP contribution in [-0.2, 0) is 30.3 Å². The zero-order valence-corrected chi connectivity index (χ0v) is 14.6. The van der Waals surface area contributed by atoms with Crippen LogP contribution in [0.5, 0.6) is 0 Å². The largest absolute Gasteiger partial charge is 0.344 e. The lowest BCUT2D eigenvalue weighted by atomic mass is 10.5. The molecule has 18 heavy (non-hydrogen) atoms. The van der Waals surface area contributed by atoms with Gasteiger partial charge in [-0.15, -0.1) is 0 Å². The Balaban J connectivity index is 4.67. The SMILES string of the molecule is CCOC(OCC)SP(=S)(OC(C)C)OC(C)C. The van der Waals surface area contributed by atoms with Crippen LogP contribution in [-0.4, -0.2) is 31.0 Å². The summed E-state index contributed by atoms with van der Waals surface area (Å²) in [6, 6.07) is 0. The number of hydrogen-bond donors (Lipinski definition) is 0. The highest BCUT2D eigenvalue weighted by atomic mass is 32.9. The monoisotopic (exact) mass is 316 g/mol. The fourth-order valence-electron chi connectivity index (χ4n) is 1.08. The zero-order chi connectivity index (χ0) is 14.2. The molecule has 0 bridgehead atoms. The summed E-state index contributed by atoms with van der Waals surface area (Å²) in [5.74, 6) is 0. The lowest BCUT2D eigenvalue weighted by molar-refractivity contribution is -0.0731. The van der Waals surface area contributed by atoms with Gasteiger partial charge in [0, 0.05) is 13.2 Å². The first kappa shape index (κ1) is 18.8. The molecule has 0 aliphatic heterocycles. The maximum Gasteiger partial charge on any atom is 0.252 e. The molecule has 0 N–H and O–H groups in total. The van der Waals surface area contributed by atoms with Crippen LogP contribution in [0.15, 0.2) is 0 Å². The van der Waals surface area contributed by atoms with Gasteiger partial charge in [0.15, 0.2) is 0 Å². The first-order valence-corrected chi connectivity index (χ1v) is 10.3. The molecule has 0 aromatic heterocycles. The Morgan fingerprint density at radius 3 is 1.61 bits per heavy atom. The van der Waals surface area contributed by atoms with Gasteiger partial charge in [0.1, 0.15) is 0 Å². The third kappa shape index (κ3) is 8.86. The van der Waals surface area contributed by atoms with Crippen LogP contribution in [0.4, 0.5) is 0 Å². The summed E-state index contributed by atoms with van der Waals surface area (Å²) in [5.41, 5.74) is -2.87. The van der Waals surface area contributed by atoms with E-state index in [0.717, 1.165) is 0 Å². The predicted octanol–water partition coefficient (Wildman–Crippen LogP) is 4.15. The van der Waals surface area contributed by atoms with Gasteiger partial charge in [0.25, 0.3) is 5.69 Å². The number of ether oxygens (including phenoxy) is 2. The van der Waals surface area contributed by atoms with E-state index in [4.69, 9.17) is 30.3 Å². The van der Waals surface area contributed by atoms with Crippen molar-refractivity contribution in [2.24, 2.45) is 0 Å². The minimum absolute atomic E-state index is 0.0194. The van der Waals surface area contributed by atoms with E-state index >= 15 is 0 Å². The van der Waals surface area contributed by atoms with E-state index in [1.54, 1.807) is 0 Å². The van der Waals surface area contributed by atoms with E-state index in [9.17, 15) is 0 Å². The molecule has 0 rings (SSSR count). The minimum atomic E-state index is -2.45. The fraction of sp³-hybridized carbons (Fsp3) is 1.00. The summed E-state index contributed by atoms with van der Waals surface area (Å²) in [6.07, 6.45) is 0.0389. The summed E-state index contributed by atoms with van der Waals surface area (Å²) >= 11 is 6.86. The molecule has 0 saturated heterocycles. The highest BCUT2D eigenvalue weighted by molar-refractivity contribution is 8.68. The molecule has 0 saturated carbocycles. The van der Waals surface area contributed by atoms with Gasteiger partial charge < -0.3 is 18.5 Å².